The highest BCUT2D eigenvalue weighted by atomic mass is 35.5. The normalized spacial score (nSPS) is 10.4. The lowest BCUT2D eigenvalue weighted by atomic mass is 10.1. The topological polar surface area (TPSA) is 52.1 Å². The van der Waals surface area contributed by atoms with E-state index in [4.69, 9.17) is 27.9 Å². The maximum atomic E-state index is 11.7. The molecule has 2 rings (SSSR count). The van der Waals surface area contributed by atoms with Crippen molar-refractivity contribution in [1.82, 2.24) is 9.97 Å². The van der Waals surface area contributed by atoms with Crippen LogP contribution in [0, 0.1) is 6.92 Å². The standard InChI is InChI=1S/C14H12Cl2N2O2/c1-3-20-14(19)11-7-17-8(2)13(18-11)9-5-4-6-10(15)12(9)16/h4-7H,3H2,1-2H3. The molecule has 0 aliphatic carbocycles. The number of halogens is 2. The zero-order valence-corrected chi connectivity index (χ0v) is 12.5. The zero-order valence-electron chi connectivity index (χ0n) is 11.0. The highest BCUT2D eigenvalue weighted by Gasteiger charge is 2.16. The van der Waals surface area contributed by atoms with Gasteiger partial charge in [0.25, 0.3) is 0 Å². The van der Waals surface area contributed by atoms with Gasteiger partial charge >= 0.3 is 5.97 Å². The molecule has 0 spiro atoms. The molecule has 0 aliphatic heterocycles. The fourth-order valence-electron chi connectivity index (χ4n) is 1.69. The van der Waals surface area contributed by atoms with Crippen LogP contribution >= 0.6 is 23.2 Å². The van der Waals surface area contributed by atoms with Crippen LogP contribution in [0.5, 0.6) is 0 Å². The number of ether oxygens (including phenoxy) is 1. The molecule has 1 heterocycles. The van der Waals surface area contributed by atoms with Gasteiger partial charge < -0.3 is 4.74 Å². The van der Waals surface area contributed by atoms with Crippen LogP contribution in [-0.2, 0) is 4.74 Å². The summed E-state index contributed by atoms with van der Waals surface area (Å²) in [5.41, 5.74) is 1.95. The van der Waals surface area contributed by atoms with Gasteiger partial charge in [0, 0.05) is 5.56 Å². The van der Waals surface area contributed by atoms with E-state index >= 15 is 0 Å². The fourth-order valence-corrected chi connectivity index (χ4v) is 2.08. The van der Waals surface area contributed by atoms with Crippen molar-refractivity contribution in [3.63, 3.8) is 0 Å². The van der Waals surface area contributed by atoms with Crippen LogP contribution in [0.15, 0.2) is 24.4 Å². The molecule has 0 saturated heterocycles. The number of hydrogen-bond acceptors (Lipinski definition) is 4. The van der Waals surface area contributed by atoms with Gasteiger partial charge in [-0.2, -0.15) is 0 Å². The number of benzene rings is 1. The summed E-state index contributed by atoms with van der Waals surface area (Å²) in [4.78, 5) is 20.2. The Morgan fingerprint density at radius 1 is 1.35 bits per heavy atom. The quantitative estimate of drug-likeness (QED) is 0.806. The maximum absolute atomic E-state index is 11.7. The first-order chi connectivity index (χ1) is 9.54. The van der Waals surface area contributed by atoms with Crippen molar-refractivity contribution in [3.05, 3.63) is 45.8 Å². The number of esters is 1. The monoisotopic (exact) mass is 310 g/mol. The van der Waals surface area contributed by atoms with E-state index in [-0.39, 0.29) is 12.3 Å². The van der Waals surface area contributed by atoms with Crippen molar-refractivity contribution < 1.29 is 9.53 Å². The molecule has 4 nitrogen and oxygen atoms in total. The molecule has 1 aromatic heterocycles. The van der Waals surface area contributed by atoms with Crippen LogP contribution in [0.2, 0.25) is 10.0 Å². The number of carbonyl (C=O) groups excluding carboxylic acids is 1. The number of hydrogen-bond donors (Lipinski definition) is 0. The Balaban J connectivity index is 2.53. The summed E-state index contributed by atoms with van der Waals surface area (Å²) >= 11 is 12.2. The second-order valence-electron chi connectivity index (χ2n) is 4.01. The number of aryl methyl sites for hydroxylation is 1. The van der Waals surface area contributed by atoms with Crippen LogP contribution in [-0.4, -0.2) is 22.5 Å². The molecule has 20 heavy (non-hydrogen) atoms. The van der Waals surface area contributed by atoms with Gasteiger partial charge in [0.2, 0.25) is 0 Å². The maximum Gasteiger partial charge on any atom is 0.358 e. The lowest BCUT2D eigenvalue weighted by Crippen LogP contribution is -2.09. The van der Waals surface area contributed by atoms with Gasteiger partial charge in [-0.25, -0.2) is 9.78 Å². The Kier molecular flexibility index (Phi) is 4.57. The Morgan fingerprint density at radius 3 is 2.80 bits per heavy atom. The van der Waals surface area contributed by atoms with Crippen molar-refractivity contribution in [1.29, 1.82) is 0 Å². The first kappa shape index (κ1) is 14.8. The minimum absolute atomic E-state index is 0.142. The zero-order chi connectivity index (χ0) is 14.7. The molecule has 0 bridgehead atoms. The summed E-state index contributed by atoms with van der Waals surface area (Å²) < 4.78 is 4.91. The van der Waals surface area contributed by atoms with Gasteiger partial charge in [0.05, 0.1) is 34.2 Å². The highest BCUT2D eigenvalue weighted by molar-refractivity contribution is 6.43. The summed E-state index contributed by atoms with van der Waals surface area (Å²) in [5.74, 6) is -0.514. The van der Waals surface area contributed by atoms with E-state index < -0.39 is 5.97 Å². The van der Waals surface area contributed by atoms with E-state index in [1.807, 2.05) is 0 Å². The van der Waals surface area contributed by atoms with E-state index in [1.54, 1.807) is 32.0 Å². The van der Waals surface area contributed by atoms with Gasteiger partial charge in [-0.15, -0.1) is 0 Å². The molecule has 6 heteroatoms. The number of nitrogens with zero attached hydrogens (tertiary/aromatic N) is 2. The predicted octanol–water partition coefficient (Wildman–Crippen LogP) is 3.94. The summed E-state index contributed by atoms with van der Waals surface area (Å²) in [7, 11) is 0. The van der Waals surface area contributed by atoms with E-state index in [2.05, 4.69) is 9.97 Å². The molecule has 0 atom stereocenters. The van der Waals surface area contributed by atoms with E-state index in [1.165, 1.54) is 6.20 Å². The van der Waals surface area contributed by atoms with Crippen LogP contribution < -0.4 is 0 Å². The second-order valence-corrected chi connectivity index (χ2v) is 4.80. The molecule has 0 radical (unpaired) electrons. The van der Waals surface area contributed by atoms with Crippen LogP contribution in [0.1, 0.15) is 23.1 Å². The minimum atomic E-state index is -0.514. The van der Waals surface area contributed by atoms with Crippen LogP contribution in [0.4, 0.5) is 0 Å². The third-order valence-corrected chi connectivity index (χ3v) is 3.47. The van der Waals surface area contributed by atoms with Gasteiger partial charge in [-0.05, 0) is 19.9 Å². The smallest absolute Gasteiger partial charge is 0.358 e. The molecule has 0 aliphatic rings. The fraction of sp³-hybridized carbons (Fsp3) is 0.214. The van der Waals surface area contributed by atoms with Crippen molar-refractivity contribution in [2.45, 2.75) is 13.8 Å². The molecule has 0 fully saturated rings. The number of aromatic nitrogens is 2. The summed E-state index contributed by atoms with van der Waals surface area (Å²) in [6.07, 6.45) is 1.38. The molecule has 0 unspecified atom stereocenters. The molecular weight excluding hydrogens is 299 g/mol. The average molecular weight is 311 g/mol. The van der Waals surface area contributed by atoms with Crippen LogP contribution in [0.25, 0.3) is 11.3 Å². The lowest BCUT2D eigenvalue weighted by molar-refractivity contribution is 0.0519. The predicted molar refractivity (Wildman–Crippen MR) is 78.2 cm³/mol. The largest absolute Gasteiger partial charge is 0.461 e. The van der Waals surface area contributed by atoms with Gasteiger partial charge in [-0.3, -0.25) is 4.98 Å². The third kappa shape index (κ3) is 2.92. The SMILES string of the molecule is CCOC(=O)c1cnc(C)c(-c2cccc(Cl)c2Cl)n1. The van der Waals surface area contributed by atoms with E-state index in [0.717, 1.165) is 0 Å². The minimum Gasteiger partial charge on any atom is -0.461 e. The molecule has 1 aromatic carbocycles. The Labute approximate surface area is 126 Å². The van der Waals surface area contributed by atoms with Gasteiger partial charge in [0.1, 0.15) is 0 Å². The molecule has 0 amide bonds. The summed E-state index contributed by atoms with van der Waals surface area (Å²) in [6, 6.07) is 5.23. The Morgan fingerprint density at radius 2 is 2.10 bits per heavy atom. The van der Waals surface area contributed by atoms with Crippen molar-refractivity contribution in [2.75, 3.05) is 6.61 Å². The third-order valence-electron chi connectivity index (χ3n) is 2.65. The Hall–Kier alpha value is -1.65. The average Bonchev–Trinajstić information content (AvgIpc) is 2.43. The first-order valence-corrected chi connectivity index (χ1v) is 6.75. The molecule has 0 saturated carbocycles. The summed E-state index contributed by atoms with van der Waals surface area (Å²) in [5, 5.41) is 0.805. The number of rotatable bonds is 3. The summed E-state index contributed by atoms with van der Waals surface area (Å²) in [6.45, 7) is 3.80. The second kappa shape index (κ2) is 6.20. The molecular formula is C14H12Cl2N2O2. The number of carbonyl (C=O) groups is 1. The van der Waals surface area contributed by atoms with E-state index in [0.29, 0.717) is 27.0 Å². The first-order valence-electron chi connectivity index (χ1n) is 5.99. The van der Waals surface area contributed by atoms with Gasteiger partial charge in [0.15, 0.2) is 5.69 Å². The highest BCUT2D eigenvalue weighted by Crippen LogP contribution is 2.33. The molecule has 2 aromatic rings. The van der Waals surface area contributed by atoms with Crippen molar-refractivity contribution >= 4 is 29.2 Å². The van der Waals surface area contributed by atoms with Crippen molar-refractivity contribution in [3.8, 4) is 11.3 Å². The van der Waals surface area contributed by atoms with Crippen molar-refractivity contribution in [2.24, 2.45) is 0 Å². The van der Waals surface area contributed by atoms with Crippen LogP contribution in [0.3, 0.4) is 0 Å². The molecule has 0 N–H and O–H groups in total. The lowest BCUT2D eigenvalue weighted by Gasteiger charge is -2.09. The van der Waals surface area contributed by atoms with Gasteiger partial charge in [-0.1, -0.05) is 35.3 Å². The van der Waals surface area contributed by atoms with E-state index in [9.17, 15) is 4.79 Å². The molecule has 104 valence electrons. The Bertz CT molecular complexity index is 660.